The Bertz CT molecular complexity index is 905. The standard InChI is InChI=1S/C20H23N3O4S/c1-3-27-19(25)16-17(21-13(2)22-18(16)24)14-9-11-23(12-10-14)20(26)28-15-7-5-4-6-8-15/h4-8,14H,3,9-12H2,1-2H3,(H,21,22,24). The van der Waals surface area contributed by atoms with Crippen molar-refractivity contribution >= 4 is 23.0 Å². The monoisotopic (exact) mass is 401 g/mol. The molecule has 0 atom stereocenters. The van der Waals surface area contributed by atoms with Crippen LogP contribution in [0.15, 0.2) is 40.0 Å². The number of amides is 1. The minimum absolute atomic E-state index is 0.00492. The normalized spacial score (nSPS) is 14.7. The van der Waals surface area contributed by atoms with E-state index in [1.54, 1.807) is 18.7 Å². The Morgan fingerprint density at radius 1 is 1.25 bits per heavy atom. The summed E-state index contributed by atoms with van der Waals surface area (Å²) in [6.07, 6.45) is 1.28. The van der Waals surface area contributed by atoms with Crippen LogP contribution in [0.1, 0.15) is 47.6 Å². The number of rotatable bonds is 4. The third-order valence-corrected chi connectivity index (χ3v) is 5.57. The number of H-pyrrole nitrogens is 1. The number of nitrogens with zero attached hydrogens (tertiary/aromatic N) is 2. The van der Waals surface area contributed by atoms with Crippen LogP contribution in [0.5, 0.6) is 0 Å². The van der Waals surface area contributed by atoms with Gasteiger partial charge in [0.05, 0.1) is 12.3 Å². The molecule has 0 aliphatic carbocycles. The predicted octanol–water partition coefficient (Wildman–Crippen LogP) is 3.35. The second kappa shape index (κ2) is 9.05. The fourth-order valence-corrected chi connectivity index (χ4v) is 4.10. The molecule has 8 heteroatoms. The Morgan fingerprint density at radius 2 is 1.93 bits per heavy atom. The van der Waals surface area contributed by atoms with Gasteiger partial charge in [-0.3, -0.25) is 9.59 Å². The summed E-state index contributed by atoms with van der Waals surface area (Å²) in [6, 6.07) is 9.53. The summed E-state index contributed by atoms with van der Waals surface area (Å²) in [7, 11) is 0. The van der Waals surface area contributed by atoms with Crippen LogP contribution in [0.2, 0.25) is 0 Å². The number of aromatic nitrogens is 2. The largest absolute Gasteiger partial charge is 0.462 e. The minimum atomic E-state index is -0.649. The molecular weight excluding hydrogens is 378 g/mol. The molecular formula is C20H23N3O4S. The van der Waals surface area contributed by atoms with Crippen LogP contribution in [0, 0.1) is 6.92 Å². The van der Waals surface area contributed by atoms with Gasteiger partial charge in [0.2, 0.25) is 0 Å². The first-order valence-corrected chi connectivity index (χ1v) is 10.1. The van der Waals surface area contributed by atoms with Crippen LogP contribution in [-0.4, -0.2) is 45.8 Å². The molecule has 1 aliphatic heterocycles. The number of aromatic amines is 1. The maximum Gasteiger partial charge on any atom is 0.345 e. The summed E-state index contributed by atoms with van der Waals surface area (Å²) >= 11 is 1.21. The third-order valence-electron chi connectivity index (χ3n) is 4.63. The minimum Gasteiger partial charge on any atom is -0.462 e. The lowest BCUT2D eigenvalue weighted by Crippen LogP contribution is -2.37. The smallest absolute Gasteiger partial charge is 0.345 e. The number of piperidine rings is 1. The van der Waals surface area contributed by atoms with Crippen LogP contribution in [0.4, 0.5) is 4.79 Å². The van der Waals surface area contributed by atoms with Crippen molar-refractivity contribution in [3.8, 4) is 0 Å². The lowest BCUT2D eigenvalue weighted by molar-refractivity contribution is 0.0520. The molecule has 0 saturated carbocycles. The molecule has 0 bridgehead atoms. The second-order valence-corrected chi connectivity index (χ2v) is 7.60. The molecule has 148 valence electrons. The van der Waals surface area contributed by atoms with Crippen molar-refractivity contribution in [2.24, 2.45) is 0 Å². The molecule has 2 aromatic rings. The number of nitrogens with one attached hydrogen (secondary N) is 1. The van der Waals surface area contributed by atoms with Gasteiger partial charge in [-0.2, -0.15) is 0 Å². The summed E-state index contributed by atoms with van der Waals surface area (Å²) in [5.74, 6) is -0.248. The highest BCUT2D eigenvalue weighted by Gasteiger charge is 2.30. The zero-order valence-electron chi connectivity index (χ0n) is 15.9. The molecule has 1 N–H and O–H groups in total. The van der Waals surface area contributed by atoms with Crippen LogP contribution in [-0.2, 0) is 4.74 Å². The van der Waals surface area contributed by atoms with Gasteiger partial charge < -0.3 is 14.6 Å². The summed E-state index contributed by atoms with van der Waals surface area (Å²) in [4.78, 5) is 46.8. The van der Waals surface area contributed by atoms with Crippen LogP contribution in [0.3, 0.4) is 0 Å². The van der Waals surface area contributed by atoms with Crippen molar-refractivity contribution in [3.63, 3.8) is 0 Å². The summed E-state index contributed by atoms with van der Waals surface area (Å²) in [5.41, 5.74) is -0.0162. The first kappa shape index (κ1) is 20.1. The second-order valence-electron chi connectivity index (χ2n) is 6.57. The number of likely N-dealkylation sites (tertiary alicyclic amines) is 1. The molecule has 0 spiro atoms. The molecule has 1 aliphatic rings. The molecule has 1 aromatic carbocycles. The highest BCUT2D eigenvalue weighted by molar-refractivity contribution is 8.13. The zero-order valence-corrected chi connectivity index (χ0v) is 16.8. The van der Waals surface area contributed by atoms with E-state index >= 15 is 0 Å². The van der Waals surface area contributed by atoms with Gasteiger partial charge in [-0.15, -0.1) is 0 Å². The van der Waals surface area contributed by atoms with E-state index in [-0.39, 0.29) is 23.3 Å². The predicted molar refractivity (Wildman–Crippen MR) is 107 cm³/mol. The third kappa shape index (κ3) is 4.62. The molecule has 1 fully saturated rings. The summed E-state index contributed by atoms with van der Waals surface area (Å²) in [5, 5.41) is 0.00492. The van der Waals surface area contributed by atoms with E-state index in [4.69, 9.17) is 4.74 Å². The zero-order chi connectivity index (χ0) is 20.1. The average Bonchev–Trinajstić information content (AvgIpc) is 2.68. The number of hydrogen-bond acceptors (Lipinski definition) is 6. The SMILES string of the molecule is CCOC(=O)c1c(C2CCN(C(=O)Sc3ccccc3)CC2)nc(C)[nH]c1=O. The average molecular weight is 401 g/mol. The maximum atomic E-state index is 12.5. The van der Waals surface area contributed by atoms with E-state index in [9.17, 15) is 14.4 Å². The van der Waals surface area contributed by atoms with Crippen LogP contribution >= 0.6 is 11.8 Å². The summed E-state index contributed by atoms with van der Waals surface area (Å²) in [6.45, 7) is 4.68. The number of benzene rings is 1. The van der Waals surface area contributed by atoms with Gasteiger partial charge in [0.15, 0.2) is 0 Å². The first-order valence-electron chi connectivity index (χ1n) is 9.29. The van der Waals surface area contributed by atoms with E-state index in [0.29, 0.717) is 37.4 Å². The number of ether oxygens (including phenoxy) is 1. The van der Waals surface area contributed by atoms with E-state index in [0.717, 1.165) is 4.90 Å². The van der Waals surface area contributed by atoms with Crippen molar-refractivity contribution in [1.82, 2.24) is 14.9 Å². The van der Waals surface area contributed by atoms with Crippen LogP contribution in [0.25, 0.3) is 0 Å². The fraction of sp³-hybridized carbons (Fsp3) is 0.400. The quantitative estimate of drug-likeness (QED) is 0.624. The van der Waals surface area contributed by atoms with E-state index in [1.165, 1.54) is 11.8 Å². The highest BCUT2D eigenvalue weighted by atomic mass is 32.2. The fourth-order valence-electron chi connectivity index (χ4n) is 3.29. The number of aryl methyl sites for hydroxylation is 1. The van der Waals surface area contributed by atoms with Crippen LogP contribution < -0.4 is 5.56 Å². The molecule has 1 aromatic heterocycles. The Kier molecular flexibility index (Phi) is 6.51. The molecule has 28 heavy (non-hydrogen) atoms. The van der Waals surface area contributed by atoms with Gasteiger partial charge >= 0.3 is 5.97 Å². The van der Waals surface area contributed by atoms with Crippen molar-refractivity contribution in [1.29, 1.82) is 0 Å². The van der Waals surface area contributed by atoms with Crippen molar-refractivity contribution in [2.45, 2.75) is 37.5 Å². The van der Waals surface area contributed by atoms with Gasteiger partial charge in [-0.25, -0.2) is 9.78 Å². The van der Waals surface area contributed by atoms with Gasteiger partial charge in [0.25, 0.3) is 10.8 Å². The van der Waals surface area contributed by atoms with Gasteiger partial charge in [0, 0.05) is 23.9 Å². The molecule has 0 unspecified atom stereocenters. The van der Waals surface area contributed by atoms with E-state index in [2.05, 4.69) is 9.97 Å². The number of hydrogen-bond donors (Lipinski definition) is 1. The first-order chi connectivity index (χ1) is 13.5. The molecule has 1 amide bonds. The molecule has 1 saturated heterocycles. The number of thioether (sulfide) groups is 1. The summed E-state index contributed by atoms with van der Waals surface area (Å²) < 4.78 is 5.04. The van der Waals surface area contributed by atoms with Gasteiger partial charge in [-0.05, 0) is 50.6 Å². The van der Waals surface area contributed by atoms with Crippen molar-refractivity contribution in [2.75, 3.05) is 19.7 Å². The number of esters is 1. The number of carbonyl (C=O) groups is 2. The Balaban J connectivity index is 1.72. The van der Waals surface area contributed by atoms with E-state index < -0.39 is 11.5 Å². The molecule has 2 heterocycles. The Hall–Kier alpha value is -2.61. The molecule has 7 nitrogen and oxygen atoms in total. The maximum absolute atomic E-state index is 12.5. The van der Waals surface area contributed by atoms with Crippen molar-refractivity contribution in [3.05, 3.63) is 57.8 Å². The lowest BCUT2D eigenvalue weighted by Gasteiger charge is -2.31. The van der Waals surface area contributed by atoms with E-state index in [1.807, 2.05) is 30.3 Å². The highest BCUT2D eigenvalue weighted by Crippen LogP contribution is 2.31. The molecule has 0 radical (unpaired) electrons. The Labute approximate surface area is 167 Å². The topological polar surface area (TPSA) is 92.4 Å². The number of carbonyl (C=O) groups excluding carboxylic acids is 2. The van der Waals surface area contributed by atoms with Gasteiger partial charge in [0.1, 0.15) is 11.4 Å². The lowest BCUT2D eigenvalue weighted by atomic mass is 9.91. The molecule has 3 rings (SSSR count). The van der Waals surface area contributed by atoms with Gasteiger partial charge in [-0.1, -0.05) is 18.2 Å². The van der Waals surface area contributed by atoms with Crippen molar-refractivity contribution < 1.29 is 14.3 Å². The Morgan fingerprint density at radius 3 is 2.57 bits per heavy atom.